The minimum Gasteiger partial charge on any atom is -0.380 e. The van der Waals surface area contributed by atoms with E-state index in [1.807, 2.05) is 18.2 Å². The normalized spacial score (nSPS) is 14.0. The zero-order valence-electron chi connectivity index (χ0n) is 26.1. The topological polar surface area (TPSA) is 117 Å². The summed E-state index contributed by atoms with van der Waals surface area (Å²) in [7, 11) is 2.09. The lowest BCUT2D eigenvalue weighted by atomic mass is 10.1. The molecule has 3 aromatic carbocycles. The van der Waals surface area contributed by atoms with E-state index >= 15 is 0 Å². The third-order valence-electron chi connectivity index (χ3n) is 8.08. The van der Waals surface area contributed by atoms with Crippen molar-refractivity contribution in [2.45, 2.75) is 25.4 Å². The number of likely N-dealkylation sites (tertiary alicyclic amines) is 1. The molecular weight excluding hydrogens is 621 g/mol. The minimum atomic E-state index is -1.03. The highest BCUT2D eigenvalue weighted by Gasteiger charge is 2.18. The highest BCUT2D eigenvalue weighted by Crippen LogP contribution is 2.24. The number of anilines is 3. The molecule has 246 valence electrons. The summed E-state index contributed by atoms with van der Waals surface area (Å²) in [6.07, 6.45) is 9.54. The fourth-order valence-corrected chi connectivity index (χ4v) is 5.42. The number of nitrogens with one attached hydrogen (secondary N) is 3. The van der Waals surface area contributed by atoms with Crippen LogP contribution in [0.2, 0.25) is 0 Å². The summed E-state index contributed by atoms with van der Waals surface area (Å²) in [4.78, 5) is 40.6. The van der Waals surface area contributed by atoms with Crippen LogP contribution in [0.3, 0.4) is 0 Å². The number of hydrogen-bond donors (Lipinski definition) is 3. The summed E-state index contributed by atoms with van der Waals surface area (Å²) in [6, 6.07) is 14.1. The van der Waals surface area contributed by atoms with Crippen molar-refractivity contribution in [3.05, 3.63) is 124 Å². The number of carbonyl (C=O) groups excluding carboxylic acids is 1. The first-order valence-electron chi connectivity index (χ1n) is 15.4. The van der Waals surface area contributed by atoms with Crippen LogP contribution in [0, 0.1) is 17.5 Å². The van der Waals surface area contributed by atoms with Crippen molar-refractivity contribution in [1.82, 2.24) is 29.7 Å². The number of piperidine rings is 1. The van der Waals surface area contributed by atoms with Gasteiger partial charge in [-0.2, -0.15) is 0 Å². The average molecular weight is 655 g/mol. The molecule has 13 heteroatoms. The van der Waals surface area contributed by atoms with E-state index in [1.165, 1.54) is 18.5 Å². The van der Waals surface area contributed by atoms with E-state index in [0.717, 1.165) is 59.8 Å². The third kappa shape index (κ3) is 7.86. The van der Waals surface area contributed by atoms with Gasteiger partial charge in [-0.15, -0.1) is 0 Å². The molecule has 1 fully saturated rings. The fraction of sp³-hybridized carbons (Fsp3) is 0.229. The highest BCUT2D eigenvalue weighted by molar-refractivity contribution is 5.93. The number of halogens is 3. The molecule has 0 atom stereocenters. The Kier molecular flexibility index (Phi) is 9.76. The second kappa shape index (κ2) is 14.5. The molecule has 1 aliphatic rings. The molecule has 0 unspecified atom stereocenters. The number of fused-ring (bicyclic) bond motifs is 1. The first-order chi connectivity index (χ1) is 23.2. The molecule has 1 aliphatic heterocycles. The van der Waals surface area contributed by atoms with Gasteiger partial charge in [0, 0.05) is 36.1 Å². The first-order valence-corrected chi connectivity index (χ1v) is 15.4. The predicted molar refractivity (Wildman–Crippen MR) is 179 cm³/mol. The van der Waals surface area contributed by atoms with Crippen LogP contribution in [-0.4, -0.2) is 63.0 Å². The zero-order valence-corrected chi connectivity index (χ0v) is 26.1. The summed E-state index contributed by atoms with van der Waals surface area (Å²) in [5.74, 6) is -2.64. The number of rotatable bonds is 10. The van der Waals surface area contributed by atoms with E-state index in [-0.39, 0.29) is 30.5 Å². The summed E-state index contributed by atoms with van der Waals surface area (Å²) >= 11 is 0. The fourth-order valence-electron chi connectivity index (χ4n) is 5.42. The molecule has 10 nitrogen and oxygen atoms in total. The van der Waals surface area contributed by atoms with Crippen LogP contribution in [0.1, 0.15) is 34.3 Å². The molecule has 3 heterocycles. The van der Waals surface area contributed by atoms with Gasteiger partial charge in [0.15, 0.2) is 11.6 Å². The van der Waals surface area contributed by atoms with Crippen LogP contribution in [0.4, 0.5) is 30.5 Å². The molecule has 0 radical (unpaired) electrons. The maximum Gasteiger partial charge on any atom is 0.266 e. The van der Waals surface area contributed by atoms with Crippen LogP contribution in [0.5, 0.6) is 0 Å². The molecule has 48 heavy (non-hydrogen) atoms. The number of aromatic nitrogens is 4. The maximum atomic E-state index is 14.8. The Labute approximate surface area is 274 Å². The Balaban J connectivity index is 1.03. The van der Waals surface area contributed by atoms with Gasteiger partial charge in [0.1, 0.15) is 11.4 Å². The molecule has 0 spiro atoms. The zero-order chi connectivity index (χ0) is 33.6. The van der Waals surface area contributed by atoms with E-state index < -0.39 is 23.1 Å². The predicted octanol–water partition coefficient (Wildman–Crippen LogP) is 5.35. The smallest absolute Gasteiger partial charge is 0.266 e. The minimum absolute atomic E-state index is 0.0740. The van der Waals surface area contributed by atoms with Crippen LogP contribution >= 0.6 is 0 Å². The molecule has 1 saturated heterocycles. The number of benzene rings is 3. The molecule has 6 rings (SSSR count). The van der Waals surface area contributed by atoms with Gasteiger partial charge in [-0.3, -0.25) is 14.2 Å². The van der Waals surface area contributed by atoms with E-state index in [9.17, 15) is 22.8 Å². The van der Waals surface area contributed by atoms with Gasteiger partial charge in [0.2, 0.25) is 5.95 Å². The Morgan fingerprint density at radius 1 is 0.979 bits per heavy atom. The number of hydrogen-bond acceptors (Lipinski definition) is 8. The number of nitrogens with zero attached hydrogens (tertiary/aromatic N) is 5. The summed E-state index contributed by atoms with van der Waals surface area (Å²) in [5, 5.41) is 9.83. The Hall–Kier alpha value is -5.56. The standard InChI is InChI=1S/C35H33F3N8O2/c1-45-13-10-25(11-14-45)42-32-9-6-26(17-30(32)38)43-35-41-18-24-15-22(5-8-31(24)44-35)3-2-12-40-33(47)27-19-39-21-46(34(27)48)20-23-4-7-28(36)29(37)16-23/h2-9,15-19,21,25,42H,10-14,20H2,1H3,(H,40,47)(H,41,43,44)/b3-2+. The Bertz CT molecular complexity index is 2040. The van der Waals surface area contributed by atoms with Crippen molar-refractivity contribution in [2.24, 2.45) is 0 Å². The van der Waals surface area contributed by atoms with Crippen molar-refractivity contribution in [3.63, 3.8) is 0 Å². The molecule has 2 aromatic heterocycles. The second-order valence-corrected chi connectivity index (χ2v) is 11.7. The number of amides is 1. The van der Waals surface area contributed by atoms with Crippen molar-refractivity contribution in [1.29, 1.82) is 0 Å². The monoisotopic (exact) mass is 654 g/mol. The highest BCUT2D eigenvalue weighted by atomic mass is 19.2. The number of carbonyl (C=O) groups is 1. The van der Waals surface area contributed by atoms with Gasteiger partial charge in [0.25, 0.3) is 11.5 Å². The molecule has 0 bridgehead atoms. The van der Waals surface area contributed by atoms with Gasteiger partial charge in [0.05, 0.1) is 24.1 Å². The van der Waals surface area contributed by atoms with E-state index in [4.69, 9.17) is 0 Å². The molecule has 0 saturated carbocycles. The molecule has 1 amide bonds. The summed E-state index contributed by atoms with van der Waals surface area (Å²) < 4.78 is 42.8. The van der Waals surface area contributed by atoms with Crippen molar-refractivity contribution < 1.29 is 18.0 Å². The molecule has 0 aliphatic carbocycles. The lowest BCUT2D eigenvalue weighted by molar-refractivity contribution is 0.0955. The second-order valence-electron chi connectivity index (χ2n) is 11.7. The van der Waals surface area contributed by atoms with Crippen molar-refractivity contribution in [3.8, 4) is 0 Å². The van der Waals surface area contributed by atoms with Crippen LogP contribution < -0.4 is 21.5 Å². The SMILES string of the molecule is CN1CCC(Nc2ccc(Nc3ncc4cc(/C=C/CNC(=O)c5cncn(Cc6ccc(F)c(F)c6)c5=O)ccc4n3)cc2F)CC1. The maximum absolute atomic E-state index is 14.8. The van der Waals surface area contributed by atoms with Crippen LogP contribution in [0.15, 0.2) is 84.2 Å². The molecular formula is C35H33F3N8O2. The molecule has 5 aromatic rings. The Morgan fingerprint density at radius 2 is 1.81 bits per heavy atom. The van der Waals surface area contributed by atoms with E-state index in [2.05, 4.69) is 42.8 Å². The van der Waals surface area contributed by atoms with Gasteiger partial charge in [-0.1, -0.05) is 24.3 Å². The third-order valence-corrected chi connectivity index (χ3v) is 8.08. The lowest BCUT2D eigenvalue weighted by Gasteiger charge is -2.30. The molecule has 3 N–H and O–H groups in total. The quantitative estimate of drug-likeness (QED) is 0.185. The van der Waals surface area contributed by atoms with Crippen LogP contribution in [0.25, 0.3) is 17.0 Å². The van der Waals surface area contributed by atoms with E-state index in [0.29, 0.717) is 28.4 Å². The average Bonchev–Trinajstić information content (AvgIpc) is 3.08. The van der Waals surface area contributed by atoms with Crippen molar-refractivity contribution >= 4 is 40.2 Å². The van der Waals surface area contributed by atoms with Gasteiger partial charge < -0.3 is 20.9 Å². The largest absolute Gasteiger partial charge is 0.380 e. The van der Waals surface area contributed by atoms with Crippen LogP contribution in [-0.2, 0) is 6.54 Å². The van der Waals surface area contributed by atoms with Gasteiger partial charge >= 0.3 is 0 Å². The van der Waals surface area contributed by atoms with Crippen molar-refractivity contribution in [2.75, 3.05) is 37.3 Å². The summed E-state index contributed by atoms with van der Waals surface area (Å²) in [6.45, 7) is 2.03. The summed E-state index contributed by atoms with van der Waals surface area (Å²) in [5.41, 5.74) is 2.11. The van der Waals surface area contributed by atoms with Gasteiger partial charge in [-0.25, -0.2) is 28.1 Å². The Morgan fingerprint density at radius 3 is 2.60 bits per heavy atom. The first kappa shape index (κ1) is 32.4. The lowest BCUT2D eigenvalue weighted by Crippen LogP contribution is -2.36. The van der Waals surface area contributed by atoms with Gasteiger partial charge in [-0.05, 0) is 86.6 Å². The van der Waals surface area contributed by atoms with E-state index in [1.54, 1.807) is 30.5 Å².